The molecular weight excluding hydrogens is 431 g/mol. The van der Waals surface area contributed by atoms with E-state index in [0.717, 1.165) is 22.3 Å². The first-order valence-corrected chi connectivity index (χ1v) is 10.5. The van der Waals surface area contributed by atoms with Crippen LogP contribution in [0.1, 0.15) is 34.5 Å². The molecule has 0 aliphatic carbocycles. The summed E-state index contributed by atoms with van der Waals surface area (Å²) in [6.07, 6.45) is -0.986. The fourth-order valence-electron chi connectivity index (χ4n) is 3.49. The van der Waals surface area contributed by atoms with Crippen molar-refractivity contribution >= 4 is 23.2 Å². The third-order valence-electron chi connectivity index (χ3n) is 4.96. The van der Waals surface area contributed by atoms with Gasteiger partial charge in [-0.1, -0.05) is 71.7 Å². The van der Waals surface area contributed by atoms with Crippen molar-refractivity contribution < 1.29 is 14.9 Å². The van der Waals surface area contributed by atoms with Crippen LogP contribution in [-0.2, 0) is 4.74 Å². The quantitative estimate of drug-likeness (QED) is 0.323. The Kier molecular flexibility index (Phi) is 6.47. The van der Waals surface area contributed by atoms with Gasteiger partial charge in [-0.15, -0.1) is 0 Å². The van der Waals surface area contributed by atoms with Gasteiger partial charge < -0.3 is 14.9 Å². The smallest absolute Gasteiger partial charge is 0.115 e. The van der Waals surface area contributed by atoms with E-state index in [2.05, 4.69) is 0 Å². The van der Waals surface area contributed by atoms with Crippen LogP contribution in [0.15, 0.2) is 97.1 Å². The van der Waals surface area contributed by atoms with Crippen molar-refractivity contribution in [2.75, 3.05) is 0 Å². The molecule has 156 valence electrons. The van der Waals surface area contributed by atoms with E-state index in [1.165, 1.54) is 0 Å². The van der Waals surface area contributed by atoms with Crippen molar-refractivity contribution in [2.45, 2.75) is 12.2 Å². The number of phenols is 2. The molecule has 3 nitrogen and oxygen atoms in total. The lowest BCUT2D eigenvalue weighted by Gasteiger charge is -2.27. The number of phenolic OH excluding ortho intramolecular Hbond substituents is 2. The Bertz CT molecular complexity index is 1060. The summed E-state index contributed by atoms with van der Waals surface area (Å²) in [4.78, 5) is 0. The fraction of sp³-hybridized carbons (Fsp3) is 0.0769. The predicted octanol–water partition coefficient (Wildman–Crippen LogP) is 7.30. The first-order valence-electron chi connectivity index (χ1n) is 9.74. The zero-order valence-electron chi connectivity index (χ0n) is 16.5. The standard InChI is InChI=1S/C26H20Cl2O3/c27-21-11-7-17(8-12-21)25(19-3-1-5-23(29)15-19)31-26(18-9-13-22(28)14-10-18)20-4-2-6-24(30)16-20/h1-16,25-26,29-30H. The molecule has 2 atom stereocenters. The minimum atomic E-state index is -0.493. The summed E-state index contributed by atoms with van der Waals surface area (Å²) in [6.45, 7) is 0. The van der Waals surface area contributed by atoms with Gasteiger partial charge in [-0.25, -0.2) is 0 Å². The van der Waals surface area contributed by atoms with Crippen LogP contribution < -0.4 is 0 Å². The van der Waals surface area contributed by atoms with Crippen molar-refractivity contribution in [3.05, 3.63) is 129 Å². The second kappa shape index (κ2) is 9.44. The van der Waals surface area contributed by atoms with Gasteiger partial charge in [-0.05, 0) is 70.8 Å². The Hall–Kier alpha value is -2.98. The molecule has 2 N–H and O–H groups in total. The van der Waals surface area contributed by atoms with E-state index in [-0.39, 0.29) is 11.5 Å². The van der Waals surface area contributed by atoms with Crippen LogP contribution in [0.3, 0.4) is 0 Å². The lowest BCUT2D eigenvalue weighted by Crippen LogP contribution is -2.13. The number of halogens is 2. The van der Waals surface area contributed by atoms with Gasteiger partial charge in [0.25, 0.3) is 0 Å². The molecule has 0 aliphatic heterocycles. The minimum Gasteiger partial charge on any atom is -0.508 e. The lowest BCUT2D eigenvalue weighted by atomic mass is 9.97. The SMILES string of the molecule is Oc1cccc(C(OC(c2ccc(Cl)cc2)c2cccc(O)c2)c2ccc(Cl)cc2)c1. The van der Waals surface area contributed by atoms with Crippen molar-refractivity contribution in [1.82, 2.24) is 0 Å². The highest BCUT2D eigenvalue weighted by atomic mass is 35.5. The molecule has 0 spiro atoms. The van der Waals surface area contributed by atoms with E-state index < -0.39 is 12.2 Å². The van der Waals surface area contributed by atoms with Gasteiger partial charge in [0.15, 0.2) is 0 Å². The molecule has 0 saturated heterocycles. The zero-order valence-corrected chi connectivity index (χ0v) is 18.0. The monoisotopic (exact) mass is 450 g/mol. The van der Waals surface area contributed by atoms with E-state index in [1.54, 1.807) is 36.4 Å². The maximum Gasteiger partial charge on any atom is 0.115 e. The molecule has 2 unspecified atom stereocenters. The van der Waals surface area contributed by atoms with E-state index in [9.17, 15) is 10.2 Å². The molecule has 0 amide bonds. The van der Waals surface area contributed by atoms with Gasteiger partial charge in [0.05, 0.1) is 0 Å². The van der Waals surface area contributed by atoms with E-state index in [1.807, 2.05) is 60.7 Å². The average molecular weight is 451 g/mol. The Labute approximate surface area is 191 Å². The first kappa shape index (κ1) is 21.3. The Morgan fingerprint density at radius 1 is 0.516 bits per heavy atom. The van der Waals surface area contributed by atoms with E-state index >= 15 is 0 Å². The van der Waals surface area contributed by atoms with Crippen LogP contribution in [0.5, 0.6) is 11.5 Å². The van der Waals surface area contributed by atoms with Gasteiger partial charge >= 0.3 is 0 Å². The number of hydrogen-bond donors (Lipinski definition) is 2. The predicted molar refractivity (Wildman–Crippen MR) is 124 cm³/mol. The maximum absolute atomic E-state index is 10.1. The molecule has 0 fully saturated rings. The maximum atomic E-state index is 10.1. The number of benzene rings is 4. The molecule has 5 heteroatoms. The summed E-state index contributed by atoms with van der Waals surface area (Å²) in [5.41, 5.74) is 3.35. The average Bonchev–Trinajstić information content (AvgIpc) is 2.76. The van der Waals surface area contributed by atoms with Crippen LogP contribution in [0, 0.1) is 0 Å². The highest BCUT2D eigenvalue weighted by Gasteiger charge is 2.24. The minimum absolute atomic E-state index is 0.153. The molecule has 0 aromatic heterocycles. The molecular formula is C26H20Cl2O3. The lowest BCUT2D eigenvalue weighted by molar-refractivity contribution is 0.0306. The largest absolute Gasteiger partial charge is 0.508 e. The molecule has 0 heterocycles. The fourth-order valence-corrected chi connectivity index (χ4v) is 3.74. The summed E-state index contributed by atoms with van der Waals surface area (Å²) < 4.78 is 6.68. The van der Waals surface area contributed by atoms with Gasteiger partial charge in [0.2, 0.25) is 0 Å². The van der Waals surface area contributed by atoms with E-state index in [4.69, 9.17) is 27.9 Å². The number of rotatable bonds is 6. The van der Waals surface area contributed by atoms with Crippen molar-refractivity contribution in [3.8, 4) is 11.5 Å². The molecule has 0 saturated carbocycles. The second-order valence-corrected chi connectivity index (χ2v) is 8.06. The topological polar surface area (TPSA) is 49.7 Å². The molecule has 4 rings (SSSR count). The van der Waals surface area contributed by atoms with Crippen molar-refractivity contribution in [3.63, 3.8) is 0 Å². The van der Waals surface area contributed by atoms with Crippen LogP contribution in [-0.4, -0.2) is 10.2 Å². The summed E-state index contributed by atoms with van der Waals surface area (Å²) >= 11 is 12.2. The molecule has 0 bridgehead atoms. The number of aromatic hydroxyl groups is 2. The molecule has 0 radical (unpaired) electrons. The van der Waals surface area contributed by atoms with Crippen molar-refractivity contribution in [1.29, 1.82) is 0 Å². The first-order chi connectivity index (χ1) is 15.0. The number of ether oxygens (including phenoxy) is 1. The summed E-state index contributed by atoms with van der Waals surface area (Å²) in [5.74, 6) is 0.306. The van der Waals surface area contributed by atoms with Crippen LogP contribution in [0.2, 0.25) is 10.0 Å². The number of hydrogen-bond acceptors (Lipinski definition) is 3. The summed E-state index contributed by atoms with van der Waals surface area (Å²) in [7, 11) is 0. The van der Waals surface area contributed by atoms with Crippen molar-refractivity contribution in [2.24, 2.45) is 0 Å². The molecule has 4 aromatic rings. The van der Waals surface area contributed by atoms with Crippen LogP contribution >= 0.6 is 23.2 Å². The normalized spacial score (nSPS) is 13.0. The van der Waals surface area contributed by atoms with E-state index in [0.29, 0.717) is 10.0 Å². The highest BCUT2D eigenvalue weighted by Crippen LogP contribution is 2.38. The third-order valence-corrected chi connectivity index (χ3v) is 5.47. The van der Waals surface area contributed by atoms with Crippen LogP contribution in [0.4, 0.5) is 0 Å². The summed E-state index contributed by atoms with van der Waals surface area (Å²) in [5, 5.41) is 21.4. The third kappa shape index (κ3) is 5.20. The van der Waals surface area contributed by atoms with Gasteiger partial charge in [0.1, 0.15) is 23.7 Å². The van der Waals surface area contributed by atoms with Crippen LogP contribution in [0.25, 0.3) is 0 Å². The van der Waals surface area contributed by atoms with Gasteiger partial charge in [-0.2, -0.15) is 0 Å². The highest BCUT2D eigenvalue weighted by molar-refractivity contribution is 6.30. The molecule has 31 heavy (non-hydrogen) atoms. The molecule has 4 aromatic carbocycles. The Morgan fingerprint density at radius 3 is 1.26 bits per heavy atom. The van der Waals surface area contributed by atoms with Gasteiger partial charge in [-0.3, -0.25) is 0 Å². The van der Waals surface area contributed by atoms with Gasteiger partial charge in [0, 0.05) is 10.0 Å². The zero-order chi connectivity index (χ0) is 21.8. The Balaban J connectivity index is 1.81. The molecule has 0 aliphatic rings. The summed E-state index contributed by atoms with van der Waals surface area (Å²) in [6, 6.07) is 28.8. The second-order valence-electron chi connectivity index (χ2n) is 7.19. The Morgan fingerprint density at radius 2 is 0.903 bits per heavy atom.